The maximum atomic E-state index is 10.9. The first-order valence-electron chi connectivity index (χ1n) is 4.45. The van der Waals surface area contributed by atoms with Crippen LogP contribution in [0.4, 0.5) is 0 Å². The number of aryl methyl sites for hydroxylation is 1. The van der Waals surface area contributed by atoms with E-state index < -0.39 is 0 Å². The highest BCUT2D eigenvalue weighted by Crippen LogP contribution is 2.21. The van der Waals surface area contributed by atoms with Crippen molar-refractivity contribution in [3.63, 3.8) is 0 Å². The second-order valence-corrected chi connectivity index (χ2v) is 4.37. The summed E-state index contributed by atoms with van der Waals surface area (Å²) in [6.07, 6.45) is 1.65. The van der Waals surface area contributed by atoms with E-state index in [0.29, 0.717) is 0 Å². The summed E-state index contributed by atoms with van der Waals surface area (Å²) in [5.41, 5.74) is 3.28. The van der Waals surface area contributed by atoms with Crippen LogP contribution in [0, 0.1) is 6.92 Å². The van der Waals surface area contributed by atoms with Gasteiger partial charge in [0.15, 0.2) is 5.78 Å². The molecule has 0 aliphatic carbocycles. The molecule has 0 aromatic heterocycles. The molecule has 0 heterocycles. The summed E-state index contributed by atoms with van der Waals surface area (Å²) < 4.78 is 1.05. The summed E-state index contributed by atoms with van der Waals surface area (Å²) in [6, 6.07) is 6.13. The molecule has 0 aliphatic rings. The smallest absolute Gasteiger partial charge is 0.152 e. The lowest BCUT2D eigenvalue weighted by Gasteiger charge is -2.03. The first-order chi connectivity index (χ1) is 6.49. The second kappa shape index (κ2) is 4.56. The Hall–Kier alpha value is -0.890. The van der Waals surface area contributed by atoms with E-state index in [1.54, 1.807) is 13.0 Å². The Balaban J connectivity index is 3.13. The minimum atomic E-state index is 0.0835. The lowest BCUT2D eigenvalue weighted by atomic mass is 10.0. The van der Waals surface area contributed by atoms with Gasteiger partial charge < -0.3 is 0 Å². The maximum Gasteiger partial charge on any atom is 0.152 e. The quantitative estimate of drug-likeness (QED) is 0.733. The largest absolute Gasteiger partial charge is 0.295 e. The van der Waals surface area contributed by atoms with E-state index in [-0.39, 0.29) is 5.78 Å². The molecule has 0 saturated carbocycles. The molecule has 0 N–H and O–H groups in total. The molecule has 0 unspecified atom stereocenters. The molecular weight excluding hydrogens is 240 g/mol. The predicted octanol–water partition coefficient (Wildman–Crippen LogP) is 3.75. The molecule has 1 aromatic carbocycles. The molecule has 1 rings (SSSR count). The van der Waals surface area contributed by atoms with Crippen LogP contribution < -0.4 is 0 Å². The molecular formula is C12H13BrO. The molecule has 0 saturated heterocycles. The van der Waals surface area contributed by atoms with Crippen LogP contribution in [0.1, 0.15) is 25.0 Å². The Labute approximate surface area is 93.0 Å². The fourth-order valence-electron chi connectivity index (χ4n) is 1.35. The summed E-state index contributed by atoms with van der Waals surface area (Å²) in [4.78, 5) is 10.9. The van der Waals surface area contributed by atoms with Crippen LogP contribution in [-0.4, -0.2) is 5.78 Å². The van der Waals surface area contributed by atoms with E-state index in [9.17, 15) is 4.79 Å². The number of hydrogen-bond donors (Lipinski definition) is 0. The van der Waals surface area contributed by atoms with Gasteiger partial charge in [0.25, 0.3) is 0 Å². The van der Waals surface area contributed by atoms with Gasteiger partial charge in [-0.15, -0.1) is 0 Å². The molecule has 14 heavy (non-hydrogen) atoms. The fourth-order valence-corrected chi connectivity index (χ4v) is 1.96. The number of allylic oxidation sites excluding steroid dienone is 2. The van der Waals surface area contributed by atoms with Crippen LogP contribution in [-0.2, 0) is 4.79 Å². The van der Waals surface area contributed by atoms with E-state index in [1.807, 2.05) is 26.0 Å². The first kappa shape index (κ1) is 11.2. The van der Waals surface area contributed by atoms with Crippen molar-refractivity contribution in [2.45, 2.75) is 20.8 Å². The van der Waals surface area contributed by atoms with E-state index >= 15 is 0 Å². The average molecular weight is 253 g/mol. The number of hydrogen-bond acceptors (Lipinski definition) is 1. The third kappa shape index (κ3) is 3.11. The summed E-state index contributed by atoms with van der Waals surface area (Å²) >= 11 is 3.44. The highest BCUT2D eigenvalue weighted by molar-refractivity contribution is 9.10. The Morgan fingerprint density at radius 2 is 1.93 bits per heavy atom. The van der Waals surface area contributed by atoms with E-state index in [1.165, 1.54) is 5.56 Å². The molecule has 0 spiro atoms. The van der Waals surface area contributed by atoms with E-state index in [4.69, 9.17) is 0 Å². The van der Waals surface area contributed by atoms with Gasteiger partial charge in [-0.2, -0.15) is 0 Å². The van der Waals surface area contributed by atoms with Crippen LogP contribution in [0.15, 0.2) is 28.7 Å². The van der Waals surface area contributed by atoms with Gasteiger partial charge in [0, 0.05) is 4.47 Å². The third-order valence-corrected chi connectivity index (χ3v) is 2.38. The summed E-state index contributed by atoms with van der Waals surface area (Å²) in [5, 5.41) is 0. The van der Waals surface area contributed by atoms with Crippen LogP contribution in [0.5, 0.6) is 0 Å². The minimum absolute atomic E-state index is 0.0835. The average Bonchev–Trinajstić information content (AvgIpc) is 2.00. The van der Waals surface area contributed by atoms with Crippen molar-refractivity contribution in [2.75, 3.05) is 0 Å². The lowest BCUT2D eigenvalue weighted by Crippen LogP contribution is -1.87. The number of benzene rings is 1. The van der Waals surface area contributed by atoms with Crippen molar-refractivity contribution in [1.82, 2.24) is 0 Å². The first-order valence-corrected chi connectivity index (χ1v) is 5.25. The monoisotopic (exact) mass is 252 g/mol. The van der Waals surface area contributed by atoms with Crippen molar-refractivity contribution in [1.29, 1.82) is 0 Å². The van der Waals surface area contributed by atoms with Gasteiger partial charge in [0.1, 0.15) is 0 Å². The fraction of sp³-hybridized carbons (Fsp3) is 0.250. The Bertz CT molecular complexity index is 371. The zero-order valence-electron chi connectivity index (χ0n) is 8.60. The maximum absolute atomic E-state index is 10.9. The SMILES string of the molecule is CC(=O)/C=C(\C)c1cc(C)cc(Br)c1. The van der Waals surface area contributed by atoms with Crippen molar-refractivity contribution < 1.29 is 4.79 Å². The zero-order valence-corrected chi connectivity index (χ0v) is 10.2. The third-order valence-electron chi connectivity index (χ3n) is 1.92. The lowest BCUT2D eigenvalue weighted by molar-refractivity contribution is -0.112. The highest BCUT2D eigenvalue weighted by Gasteiger charge is 1.99. The number of carbonyl (C=O) groups is 1. The van der Waals surface area contributed by atoms with Crippen LogP contribution >= 0.6 is 15.9 Å². The van der Waals surface area contributed by atoms with Gasteiger partial charge in [-0.3, -0.25) is 4.79 Å². The van der Waals surface area contributed by atoms with Gasteiger partial charge in [-0.1, -0.05) is 22.0 Å². The number of halogens is 1. The van der Waals surface area contributed by atoms with Crippen LogP contribution in [0.2, 0.25) is 0 Å². The number of carbonyl (C=O) groups excluding carboxylic acids is 1. The molecule has 0 fully saturated rings. The highest BCUT2D eigenvalue weighted by atomic mass is 79.9. The number of rotatable bonds is 2. The normalized spacial score (nSPS) is 11.6. The molecule has 1 nitrogen and oxygen atoms in total. The molecule has 0 amide bonds. The Kier molecular flexibility index (Phi) is 3.64. The van der Waals surface area contributed by atoms with Crippen molar-refractivity contribution in [3.05, 3.63) is 39.9 Å². The van der Waals surface area contributed by atoms with Gasteiger partial charge in [0.2, 0.25) is 0 Å². The molecule has 1 aromatic rings. The summed E-state index contributed by atoms with van der Waals surface area (Å²) in [5.74, 6) is 0.0835. The topological polar surface area (TPSA) is 17.1 Å². The second-order valence-electron chi connectivity index (χ2n) is 3.46. The predicted molar refractivity (Wildman–Crippen MR) is 63.2 cm³/mol. The molecule has 0 radical (unpaired) electrons. The van der Waals surface area contributed by atoms with Gasteiger partial charge in [-0.25, -0.2) is 0 Å². The molecule has 2 heteroatoms. The standard InChI is InChI=1S/C12H13BrO/c1-8-4-11(7-12(13)5-8)9(2)6-10(3)14/h4-7H,1-3H3/b9-6+. The molecule has 0 atom stereocenters. The van der Waals surface area contributed by atoms with Gasteiger partial charge >= 0.3 is 0 Å². The van der Waals surface area contributed by atoms with Crippen molar-refractivity contribution in [2.24, 2.45) is 0 Å². The Morgan fingerprint density at radius 3 is 2.43 bits per heavy atom. The van der Waals surface area contributed by atoms with E-state index in [2.05, 4.69) is 22.0 Å². The summed E-state index contributed by atoms with van der Waals surface area (Å²) in [6.45, 7) is 5.55. The minimum Gasteiger partial charge on any atom is -0.295 e. The summed E-state index contributed by atoms with van der Waals surface area (Å²) in [7, 11) is 0. The molecule has 74 valence electrons. The van der Waals surface area contributed by atoms with E-state index in [0.717, 1.165) is 15.6 Å². The van der Waals surface area contributed by atoms with Gasteiger partial charge in [-0.05, 0) is 55.7 Å². The Morgan fingerprint density at radius 1 is 1.29 bits per heavy atom. The number of ketones is 1. The zero-order chi connectivity index (χ0) is 10.7. The van der Waals surface area contributed by atoms with Gasteiger partial charge in [0.05, 0.1) is 0 Å². The van der Waals surface area contributed by atoms with Crippen molar-refractivity contribution in [3.8, 4) is 0 Å². The van der Waals surface area contributed by atoms with Crippen LogP contribution in [0.25, 0.3) is 5.57 Å². The van der Waals surface area contributed by atoms with Crippen molar-refractivity contribution >= 4 is 27.3 Å². The molecule has 0 bridgehead atoms. The molecule has 0 aliphatic heterocycles. The van der Waals surface area contributed by atoms with Crippen LogP contribution in [0.3, 0.4) is 0 Å².